The maximum absolute atomic E-state index is 5.09. The summed E-state index contributed by atoms with van der Waals surface area (Å²) < 4.78 is 0. The Morgan fingerprint density at radius 1 is 0.783 bits per heavy atom. The van der Waals surface area contributed by atoms with Crippen LogP contribution in [0.1, 0.15) is 89.9 Å². The zero-order valence-electron chi connectivity index (χ0n) is 14.9. The van der Waals surface area contributed by atoms with E-state index in [-0.39, 0.29) is 0 Å². The van der Waals surface area contributed by atoms with Crippen LogP contribution in [0, 0.1) is 11.3 Å². The van der Waals surface area contributed by atoms with Crippen LogP contribution in [0.25, 0.3) is 0 Å². The van der Waals surface area contributed by atoms with E-state index in [0.717, 1.165) is 18.9 Å². The normalized spacial score (nSPS) is 34.6. The molecule has 2 saturated carbocycles. The van der Waals surface area contributed by atoms with Gasteiger partial charge in [0.25, 0.3) is 0 Å². The molecule has 1 nitrogen and oxygen atoms in total. The van der Waals surface area contributed by atoms with Gasteiger partial charge in [0.05, 0.1) is 0 Å². The molecule has 0 bridgehead atoms. The summed E-state index contributed by atoms with van der Waals surface area (Å²) in [6.45, 7) is 1.01. The van der Waals surface area contributed by atoms with E-state index in [0.29, 0.717) is 5.41 Å². The van der Waals surface area contributed by atoms with Gasteiger partial charge >= 0.3 is 0 Å². The average Bonchev–Trinajstić information content (AvgIpc) is 2.56. The van der Waals surface area contributed by atoms with E-state index in [1.165, 1.54) is 83.5 Å². The van der Waals surface area contributed by atoms with Crippen molar-refractivity contribution >= 4 is 5.71 Å². The monoisotopic (exact) mass is 313 g/mol. The van der Waals surface area contributed by atoms with E-state index < -0.39 is 0 Å². The fraction of sp³-hybridized carbons (Fsp3) is 0.773. The Labute approximate surface area is 143 Å². The van der Waals surface area contributed by atoms with Crippen molar-refractivity contribution in [1.82, 2.24) is 0 Å². The molecule has 0 N–H and O–H groups in total. The number of aliphatic imine (C=N–C) groups is 1. The lowest BCUT2D eigenvalue weighted by Crippen LogP contribution is -2.34. The first-order valence-electron chi connectivity index (χ1n) is 10.2. The van der Waals surface area contributed by atoms with Gasteiger partial charge in [-0.25, -0.2) is 0 Å². The predicted molar refractivity (Wildman–Crippen MR) is 101 cm³/mol. The maximum atomic E-state index is 5.09. The van der Waals surface area contributed by atoms with Gasteiger partial charge in [-0.1, -0.05) is 50.0 Å². The molecule has 1 heteroatoms. The topological polar surface area (TPSA) is 12.4 Å². The molecule has 0 aromatic rings. The summed E-state index contributed by atoms with van der Waals surface area (Å²) >= 11 is 0. The minimum atomic E-state index is 0.698. The van der Waals surface area contributed by atoms with Crippen LogP contribution in [-0.4, -0.2) is 12.3 Å². The molecule has 2 aliphatic carbocycles. The van der Waals surface area contributed by atoms with Crippen molar-refractivity contribution in [2.24, 2.45) is 16.3 Å². The Kier molecular flexibility index (Phi) is 6.54. The van der Waals surface area contributed by atoms with Crippen molar-refractivity contribution in [3.63, 3.8) is 0 Å². The van der Waals surface area contributed by atoms with Gasteiger partial charge in [-0.15, -0.1) is 0 Å². The van der Waals surface area contributed by atoms with Crippen LogP contribution in [0.3, 0.4) is 0 Å². The largest absolute Gasteiger partial charge is 0.294 e. The molecule has 1 aliphatic heterocycles. The van der Waals surface area contributed by atoms with Gasteiger partial charge in [0.1, 0.15) is 0 Å². The lowest BCUT2D eigenvalue weighted by Gasteiger charge is -2.44. The van der Waals surface area contributed by atoms with Gasteiger partial charge in [-0.05, 0) is 75.5 Å². The zero-order chi connectivity index (χ0) is 15.8. The molecule has 0 radical (unpaired) electrons. The van der Waals surface area contributed by atoms with E-state index in [4.69, 9.17) is 4.99 Å². The Balaban J connectivity index is 1.66. The van der Waals surface area contributed by atoms with Crippen LogP contribution in [0.5, 0.6) is 0 Å². The highest BCUT2D eigenvalue weighted by Gasteiger charge is 2.38. The predicted octanol–water partition coefficient (Wildman–Crippen LogP) is 6.64. The fourth-order valence-corrected chi connectivity index (χ4v) is 5.08. The van der Waals surface area contributed by atoms with E-state index in [9.17, 15) is 0 Å². The molecule has 0 amide bonds. The summed E-state index contributed by atoms with van der Waals surface area (Å²) in [5.74, 6) is 0.794. The molecule has 1 unspecified atom stereocenters. The van der Waals surface area contributed by atoms with Gasteiger partial charge in [0.2, 0.25) is 0 Å². The third kappa shape index (κ3) is 5.06. The molecule has 1 heterocycles. The Morgan fingerprint density at radius 3 is 2.30 bits per heavy atom. The van der Waals surface area contributed by atoms with E-state index >= 15 is 0 Å². The molecule has 2 fully saturated rings. The molecule has 0 aromatic heterocycles. The van der Waals surface area contributed by atoms with Crippen LogP contribution in [0.4, 0.5) is 0 Å². The molecule has 3 rings (SSSR count). The molecule has 128 valence electrons. The van der Waals surface area contributed by atoms with Crippen molar-refractivity contribution in [2.45, 2.75) is 89.9 Å². The van der Waals surface area contributed by atoms with Gasteiger partial charge in [-0.3, -0.25) is 4.99 Å². The van der Waals surface area contributed by atoms with E-state index in [1.807, 2.05) is 0 Å². The second-order valence-electron chi connectivity index (χ2n) is 8.07. The van der Waals surface area contributed by atoms with Gasteiger partial charge < -0.3 is 0 Å². The highest BCUT2D eigenvalue weighted by Crippen LogP contribution is 2.49. The summed E-state index contributed by atoms with van der Waals surface area (Å²) in [6, 6.07) is 0. The second-order valence-corrected chi connectivity index (χ2v) is 8.07. The van der Waals surface area contributed by atoms with Crippen molar-refractivity contribution in [3.8, 4) is 0 Å². The van der Waals surface area contributed by atoms with Gasteiger partial charge in [-0.2, -0.15) is 0 Å². The SMILES string of the molecule is C1=C/CC/N=C(\C2CCCC3(CCCCC3)C2)CC/C=C/CC/1. The quantitative estimate of drug-likeness (QED) is 0.481. The van der Waals surface area contributed by atoms with E-state index in [2.05, 4.69) is 24.3 Å². The molecular formula is C22H35N. The Bertz CT molecular complexity index is 431. The van der Waals surface area contributed by atoms with E-state index in [1.54, 1.807) is 5.71 Å². The second kappa shape index (κ2) is 8.85. The molecular weight excluding hydrogens is 278 g/mol. The minimum Gasteiger partial charge on any atom is -0.294 e. The van der Waals surface area contributed by atoms with Gasteiger partial charge in [0, 0.05) is 12.3 Å². The lowest BCUT2D eigenvalue weighted by molar-refractivity contribution is 0.107. The molecule has 23 heavy (non-hydrogen) atoms. The highest BCUT2D eigenvalue weighted by molar-refractivity contribution is 5.87. The van der Waals surface area contributed by atoms with Crippen LogP contribution in [0.15, 0.2) is 29.3 Å². The summed E-state index contributed by atoms with van der Waals surface area (Å²) in [6.07, 6.45) is 28.6. The Morgan fingerprint density at radius 2 is 1.48 bits per heavy atom. The molecule has 0 saturated heterocycles. The minimum absolute atomic E-state index is 0.698. The number of rotatable bonds is 1. The average molecular weight is 314 g/mol. The summed E-state index contributed by atoms with van der Waals surface area (Å²) in [5.41, 5.74) is 2.26. The standard InChI is InChI=1S/C22H35N/c1-2-4-6-11-18-23-21(14-8-5-3-1)20-13-12-17-22(19-20)15-9-7-10-16-22/h3-6,20H,1-2,7-19H2/b5-3+,6-4+,23-21-. The third-order valence-corrected chi connectivity index (χ3v) is 6.34. The van der Waals surface area contributed by atoms with Crippen LogP contribution in [-0.2, 0) is 0 Å². The number of nitrogens with zero attached hydrogens (tertiary/aromatic N) is 1. The van der Waals surface area contributed by atoms with Crippen molar-refractivity contribution in [2.75, 3.05) is 6.54 Å². The summed E-state index contributed by atoms with van der Waals surface area (Å²) in [4.78, 5) is 5.09. The number of allylic oxidation sites excluding steroid dienone is 3. The van der Waals surface area contributed by atoms with Crippen molar-refractivity contribution in [3.05, 3.63) is 24.3 Å². The summed E-state index contributed by atoms with van der Waals surface area (Å²) in [5, 5.41) is 0. The first-order chi connectivity index (χ1) is 11.4. The van der Waals surface area contributed by atoms with Crippen molar-refractivity contribution < 1.29 is 0 Å². The molecule has 0 aromatic carbocycles. The number of hydrogen-bond acceptors (Lipinski definition) is 1. The molecule has 3 aliphatic rings. The van der Waals surface area contributed by atoms with Crippen LogP contribution in [0.2, 0.25) is 0 Å². The summed E-state index contributed by atoms with van der Waals surface area (Å²) in [7, 11) is 0. The maximum Gasteiger partial charge on any atom is 0.0423 e. The molecule has 1 spiro atoms. The smallest absolute Gasteiger partial charge is 0.0423 e. The highest BCUT2D eigenvalue weighted by atomic mass is 14.7. The first-order valence-corrected chi connectivity index (χ1v) is 10.2. The van der Waals surface area contributed by atoms with Crippen LogP contribution < -0.4 is 0 Å². The Hall–Kier alpha value is -0.850. The van der Waals surface area contributed by atoms with Crippen molar-refractivity contribution in [1.29, 1.82) is 0 Å². The number of hydrogen-bond donors (Lipinski definition) is 0. The van der Waals surface area contributed by atoms with Gasteiger partial charge in [0.15, 0.2) is 0 Å². The molecule has 1 atom stereocenters. The lowest BCUT2D eigenvalue weighted by atomic mass is 9.61. The fourth-order valence-electron chi connectivity index (χ4n) is 5.08. The van der Waals surface area contributed by atoms with Crippen LogP contribution >= 0.6 is 0 Å². The first kappa shape index (κ1) is 17.0. The zero-order valence-corrected chi connectivity index (χ0v) is 14.9. The third-order valence-electron chi connectivity index (χ3n) is 6.34.